The number of para-hydroxylation sites is 3. The van der Waals surface area contributed by atoms with Crippen LogP contribution in [0.2, 0.25) is 0 Å². The van der Waals surface area contributed by atoms with Gasteiger partial charge in [0.1, 0.15) is 5.75 Å². The number of hydrogen-bond acceptors (Lipinski definition) is 5. The number of phenolic OH excluding ortho intramolecular Hbond substituents is 1. The Hall–Kier alpha value is -2.94. The molecule has 5 nitrogen and oxygen atoms in total. The van der Waals surface area contributed by atoms with Gasteiger partial charge in [-0.25, -0.2) is 0 Å². The van der Waals surface area contributed by atoms with E-state index in [0.29, 0.717) is 28.3 Å². The fraction of sp³-hybridized carbons (Fsp3) is 0.0909. The van der Waals surface area contributed by atoms with Crippen LogP contribution in [0, 0.1) is 10.8 Å². The summed E-state index contributed by atoms with van der Waals surface area (Å²) in [4.78, 5) is 0. The van der Waals surface area contributed by atoms with Crippen LogP contribution in [0.15, 0.2) is 78.9 Å². The summed E-state index contributed by atoms with van der Waals surface area (Å²) in [6.45, 7) is 3.22. The van der Waals surface area contributed by atoms with Crippen LogP contribution in [0.25, 0.3) is 0 Å². The molecule has 0 atom stereocenters. The molecular weight excluding hydrogens is 447 g/mol. The van der Waals surface area contributed by atoms with E-state index in [9.17, 15) is 10.2 Å². The Morgan fingerprint density at radius 1 is 0.643 bits per heavy atom. The van der Waals surface area contributed by atoms with Crippen molar-refractivity contribution in [2.24, 2.45) is 0 Å². The zero-order valence-electron chi connectivity index (χ0n) is 15.6. The van der Waals surface area contributed by atoms with Crippen LogP contribution in [0.4, 0.5) is 0 Å². The Labute approximate surface area is 179 Å². The minimum absolute atomic E-state index is 0. The number of aromatic hydroxyl groups is 1. The zero-order chi connectivity index (χ0) is 20.2. The van der Waals surface area contributed by atoms with Gasteiger partial charge in [-0.15, -0.1) is 0 Å². The number of hydrogen-bond donors (Lipinski definition) is 3. The Bertz CT molecular complexity index is 828. The van der Waals surface area contributed by atoms with Crippen molar-refractivity contribution in [3.8, 4) is 17.2 Å². The molecule has 0 aliphatic rings. The van der Waals surface area contributed by atoms with Gasteiger partial charge in [-0.2, -0.15) is 0 Å². The van der Waals surface area contributed by atoms with Crippen LogP contribution >= 0.6 is 0 Å². The van der Waals surface area contributed by atoms with Crippen LogP contribution in [0.5, 0.6) is 17.2 Å². The van der Waals surface area contributed by atoms with Crippen molar-refractivity contribution in [1.82, 2.24) is 0 Å². The van der Waals surface area contributed by atoms with Gasteiger partial charge >= 0.3 is 20.4 Å². The summed E-state index contributed by atoms with van der Waals surface area (Å²) in [6, 6.07) is 21.8. The van der Waals surface area contributed by atoms with Crippen molar-refractivity contribution in [3.63, 3.8) is 0 Å². The molecule has 0 aromatic heterocycles. The molecule has 0 radical (unpaired) electrons. The third-order valence-electron chi connectivity index (χ3n) is 3.34. The summed E-state index contributed by atoms with van der Waals surface area (Å²) in [5.41, 5.74) is 1.63. The molecule has 3 aromatic rings. The van der Waals surface area contributed by atoms with E-state index in [2.05, 4.69) is 0 Å². The maximum atomic E-state index is 10.9. The first-order valence-corrected chi connectivity index (χ1v) is 8.20. The molecule has 0 spiro atoms. The van der Waals surface area contributed by atoms with E-state index in [1.165, 1.54) is 12.1 Å². The van der Waals surface area contributed by atoms with E-state index in [-0.39, 0.29) is 31.9 Å². The van der Waals surface area contributed by atoms with Crippen LogP contribution < -0.4 is 10.2 Å². The zero-order valence-corrected chi connectivity index (χ0v) is 17.1. The summed E-state index contributed by atoms with van der Waals surface area (Å²) >= 11 is 0. The fourth-order valence-corrected chi connectivity index (χ4v) is 1.98. The minimum atomic E-state index is -0.0741. The Balaban J connectivity index is 0.000000390. The van der Waals surface area contributed by atoms with Crippen molar-refractivity contribution in [2.75, 3.05) is 0 Å². The van der Waals surface area contributed by atoms with E-state index in [4.69, 9.17) is 15.9 Å². The predicted octanol–water partition coefficient (Wildman–Crippen LogP) is 3.69. The van der Waals surface area contributed by atoms with Gasteiger partial charge in [0.05, 0.1) is 0 Å². The quantitative estimate of drug-likeness (QED) is 0.393. The standard InChI is InChI=1S/2C8H9NO.C6H6O.Pd/c2*1-6(9)7-4-2-3-5-8(7)10;7-6-4-2-1-3-5-6;/h2*2-5,9-10H,1H3;1-5,7H;/q;;;+2/p-2. The second-order valence-electron chi connectivity index (χ2n) is 5.58. The van der Waals surface area contributed by atoms with Crippen molar-refractivity contribution in [1.29, 1.82) is 10.8 Å². The van der Waals surface area contributed by atoms with E-state index in [1.807, 2.05) is 6.07 Å². The molecule has 0 saturated carbocycles. The van der Waals surface area contributed by atoms with Gasteiger partial charge in [0.2, 0.25) is 0 Å². The van der Waals surface area contributed by atoms with E-state index in [0.717, 1.165) is 0 Å². The average Bonchev–Trinajstić information content (AvgIpc) is 2.64. The molecule has 3 aromatic carbocycles. The molecule has 3 N–H and O–H groups in total. The number of nitrogens with one attached hydrogen (secondary N) is 2. The maximum absolute atomic E-state index is 10.9. The van der Waals surface area contributed by atoms with Gasteiger partial charge in [0, 0.05) is 11.4 Å². The fourth-order valence-electron chi connectivity index (χ4n) is 1.98. The summed E-state index contributed by atoms with van der Waals surface area (Å²) in [6.07, 6.45) is 0. The summed E-state index contributed by atoms with van der Waals surface area (Å²) < 4.78 is 0. The van der Waals surface area contributed by atoms with E-state index in [1.54, 1.807) is 74.5 Å². The molecule has 6 heteroatoms. The smallest absolute Gasteiger partial charge is 0.872 e. The van der Waals surface area contributed by atoms with Crippen LogP contribution in [-0.4, -0.2) is 16.5 Å². The van der Waals surface area contributed by atoms with Gasteiger partial charge in [0.15, 0.2) is 0 Å². The normalized spacial score (nSPS) is 8.79. The average molecular weight is 469 g/mol. The Morgan fingerprint density at radius 2 is 0.964 bits per heavy atom. The van der Waals surface area contributed by atoms with Crippen molar-refractivity contribution in [3.05, 3.63) is 90.0 Å². The first kappa shape index (κ1) is 25.1. The van der Waals surface area contributed by atoms with Gasteiger partial charge < -0.3 is 26.1 Å². The molecule has 0 aliphatic carbocycles. The Morgan fingerprint density at radius 3 is 1.18 bits per heavy atom. The number of rotatable bonds is 2. The molecule has 148 valence electrons. The Kier molecular flexibility index (Phi) is 11.9. The largest absolute Gasteiger partial charge is 2.00 e. The van der Waals surface area contributed by atoms with Crippen LogP contribution in [0.3, 0.4) is 0 Å². The molecule has 0 heterocycles. The monoisotopic (exact) mass is 468 g/mol. The molecule has 0 saturated heterocycles. The van der Waals surface area contributed by atoms with Gasteiger partial charge in [0.25, 0.3) is 0 Å². The van der Waals surface area contributed by atoms with Gasteiger partial charge in [-0.1, -0.05) is 78.2 Å². The topological polar surface area (TPSA) is 114 Å². The second kappa shape index (κ2) is 13.3. The maximum Gasteiger partial charge on any atom is 2.00 e. The molecule has 0 bridgehead atoms. The van der Waals surface area contributed by atoms with E-state index < -0.39 is 0 Å². The van der Waals surface area contributed by atoms with Crippen molar-refractivity contribution >= 4 is 11.4 Å². The minimum Gasteiger partial charge on any atom is -0.872 e. The number of phenols is 1. The molecule has 0 unspecified atom stereocenters. The third kappa shape index (κ3) is 9.13. The van der Waals surface area contributed by atoms with Crippen molar-refractivity contribution < 1.29 is 35.7 Å². The molecule has 0 fully saturated rings. The molecular formula is C22H22N2O3Pd. The van der Waals surface area contributed by atoms with Crippen LogP contribution in [0.1, 0.15) is 25.0 Å². The summed E-state index contributed by atoms with van der Waals surface area (Å²) in [5.74, 6) is 0.174. The number of benzene rings is 3. The first-order chi connectivity index (χ1) is 12.8. The predicted molar refractivity (Wildman–Crippen MR) is 105 cm³/mol. The van der Waals surface area contributed by atoms with Gasteiger partial charge in [-0.05, 0) is 37.1 Å². The van der Waals surface area contributed by atoms with Gasteiger partial charge in [-0.3, -0.25) is 0 Å². The third-order valence-corrected chi connectivity index (χ3v) is 3.34. The second-order valence-corrected chi connectivity index (χ2v) is 5.58. The summed E-state index contributed by atoms with van der Waals surface area (Å²) in [5, 5.41) is 44.8. The van der Waals surface area contributed by atoms with Crippen molar-refractivity contribution in [2.45, 2.75) is 13.8 Å². The molecule has 0 amide bonds. The SMILES string of the molecule is CC(=N)c1ccccc1[O-].CC(=N)c1ccccc1[O-].Oc1ccccc1.[Pd+2]. The first-order valence-electron chi connectivity index (χ1n) is 8.20. The molecule has 28 heavy (non-hydrogen) atoms. The summed E-state index contributed by atoms with van der Waals surface area (Å²) in [7, 11) is 0. The molecule has 3 rings (SSSR count). The van der Waals surface area contributed by atoms with E-state index >= 15 is 0 Å². The molecule has 0 aliphatic heterocycles. The van der Waals surface area contributed by atoms with Crippen LogP contribution in [-0.2, 0) is 20.4 Å².